The number of halogens is 1. The summed E-state index contributed by atoms with van der Waals surface area (Å²) in [6, 6.07) is 12.1. The van der Waals surface area contributed by atoms with Crippen LogP contribution in [0.15, 0.2) is 48.7 Å². The van der Waals surface area contributed by atoms with Crippen molar-refractivity contribution in [3.63, 3.8) is 0 Å². The Hall–Kier alpha value is -2.79. The molecule has 24 heavy (non-hydrogen) atoms. The van der Waals surface area contributed by atoms with Gasteiger partial charge in [-0.05, 0) is 42.5 Å². The molecule has 1 N–H and O–H groups in total. The second-order valence-corrected chi connectivity index (χ2v) is 5.71. The van der Waals surface area contributed by atoms with Crippen LogP contribution < -0.4 is 10.1 Å². The Labute approximate surface area is 143 Å². The van der Waals surface area contributed by atoms with Crippen molar-refractivity contribution in [3.8, 4) is 5.75 Å². The number of hydrogen-bond donors (Lipinski definition) is 1. The van der Waals surface area contributed by atoms with E-state index in [1.165, 1.54) is 17.7 Å². The Morgan fingerprint density at radius 3 is 2.46 bits per heavy atom. The van der Waals surface area contributed by atoms with E-state index in [0.29, 0.717) is 32.9 Å². The van der Waals surface area contributed by atoms with E-state index in [-0.39, 0.29) is 11.8 Å². The third kappa shape index (κ3) is 2.98. The second-order valence-electron chi connectivity index (χ2n) is 5.28. The smallest absolute Gasteiger partial charge is 0.257 e. The van der Waals surface area contributed by atoms with Crippen LogP contribution in [0, 0.1) is 0 Å². The van der Waals surface area contributed by atoms with E-state index in [2.05, 4.69) is 5.32 Å². The minimum atomic E-state index is -0.313. The highest BCUT2D eigenvalue weighted by molar-refractivity contribution is 6.31. The lowest BCUT2D eigenvalue weighted by molar-refractivity contribution is 0.0941. The average molecular weight is 343 g/mol. The fourth-order valence-electron chi connectivity index (χ4n) is 2.52. The highest BCUT2D eigenvalue weighted by atomic mass is 35.5. The molecule has 0 aliphatic heterocycles. The molecule has 0 atom stereocenters. The minimum absolute atomic E-state index is 0.175. The highest BCUT2D eigenvalue weighted by Crippen LogP contribution is 2.26. The third-order valence-corrected chi connectivity index (χ3v) is 3.93. The zero-order chi connectivity index (χ0) is 17.3. The van der Waals surface area contributed by atoms with Crippen LogP contribution in [0.5, 0.6) is 5.75 Å². The molecule has 0 radical (unpaired) electrons. The molecule has 122 valence electrons. The molecule has 0 unspecified atom stereocenters. The van der Waals surface area contributed by atoms with Crippen molar-refractivity contribution in [3.05, 3.63) is 59.2 Å². The number of fused-ring (bicyclic) bond motifs is 1. The summed E-state index contributed by atoms with van der Waals surface area (Å²) < 4.78 is 6.53. The van der Waals surface area contributed by atoms with Crippen LogP contribution in [0.3, 0.4) is 0 Å². The molecule has 2 aromatic carbocycles. The molecule has 0 spiro atoms. The number of carbonyl (C=O) groups is 2. The summed E-state index contributed by atoms with van der Waals surface area (Å²) in [5.74, 6) is 0.214. The summed E-state index contributed by atoms with van der Waals surface area (Å²) in [6.45, 7) is 1.44. The van der Waals surface area contributed by atoms with Gasteiger partial charge < -0.3 is 10.1 Å². The molecule has 1 heterocycles. The number of carbonyl (C=O) groups excluding carboxylic acids is 2. The van der Waals surface area contributed by atoms with E-state index in [0.717, 1.165) is 0 Å². The first-order valence-corrected chi connectivity index (χ1v) is 7.64. The Morgan fingerprint density at radius 1 is 1.12 bits per heavy atom. The average Bonchev–Trinajstić information content (AvgIpc) is 2.94. The van der Waals surface area contributed by atoms with Crippen molar-refractivity contribution in [1.82, 2.24) is 4.57 Å². The van der Waals surface area contributed by atoms with Crippen LogP contribution in [0.4, 0.5) is 5.69 Å². The molecular weight excluding hydrogens is 328 g/mol. The van der Waals surface area contributed by atoms with Crippen molar-refractivity contribution in [2.45, 2.75) is 6.92 Å². The molecule has 0 aliphatic carbocycles. The molecule has 0 saturated heterocycles. The Kier molecular flexibility index (Phi) is 4.27. The summed E-state index contributed by atoms with van der Waals surface area (Å²) >= 11 is 6.04. The largest absolute Gasteiger partial charge is 0.497 e. The predicted octanol–water partition coefficient (Wildman–Crippen LogP) is 4.22. The number of amides is 1. The third-order valence-electron chi connectivity index (χ3n) is 3.70. The minimum Gasteiger partial charge on any atom is -0.497 e. The SMILES string of the molecule is COc1ccc(NC(=O)c2cn(C(C)=O)c3ccc(Cl)cc23)cc1. The maximum Gasteiger partial charge on any atom is 0.257 e. The quantitative estimate of drug-likeness (QED) is 0.775. The monoisotopic (exact) mass is 342 g/mol. The molecule has 1 aromatic heterocycles. The highest BCUT2D eigenvalue weighted by Gasteiger charge is 2.17. The molecule has 6 heteroatoms. The zero-order valence-corrected chi connectivity index (χ0v) is 13.9. The van der Waals surface area contributed by atoms with Gasteiger partial charge in [-0.25, -0.2) is 0 Å². The van der Waals surface area contributed by atoms with Gasteiger partial charge >= 0.3 is 0 Å². The van der Waals surface area contributed by atoms with Gasteiger partial charge in [0.15, 0.2) is 0 Å². The van der Waals surface area contributed by atoms with Gasteiger partial charge in [0.25, 0.3) is 5.91 Å². The lowest BCUT2D eigenvalue weighted by Gasteiger charge is -2.05. The van der Waals surface area contributed by atoms with Crippen LogP contribution in [0.25, 0.3) is 10.9 Å². The number of benzene rings is 2. The lowest BCUT2D eigenvalue weighted by atomic mass is 10.1. The van der Waals surface area contributed by atoms with Crippen LogP contribution in [0.2, 0.25) is 5.02 Å². The van der Waals surface area contributed by atoms with Gasteiger partial charge in [0.2, 0.25) is 5.91 Å². The number of ether oxygens (including phenoxy) is 1. The number of rotatable bonds is 3. The van der Waals surface area contributed by atoms with Crippen LogP contribution in [-0.4, -0.2) is 23.5 Å². The second kappa shape index (κ2) is 6.37. The molecular formula is C18H15ClN2O3. The van der Waals surface area contributed by atoms with E-state index in [1.807, 2.05) is 0 Å². The van der Waals surface area contributed by atoms with Gasteiger partial charge in [0, 0.05) is 29.2 Å². The van der Waals surface area contributed by atoms with Crippen LogP contribution in [-0.2, 0) is 0 Å². The zero-order valence-electron chi connectivity index (χ0n) is 13.2. The first-order valence-electron chi connectivity index (χ1n) is 7.26. The normalized spacial score (nSPS) is 10.6. The van der Waals surface area contributed by atoms with Gasteiger partial charge in [-0.3, -0.25) is 14.2 Å². The Balaban J connectivity index is 1.99. The van der Waals surface area contributed by atoms with E-state index >= 15 is 0 Å². The standard InChI is InChI=1S/C18H15ClN2O3/c1-11(22)21-10-16(15-9-12(19)3-8-17(15)21)18(23)20-13-4-6-14(24-2)7-5-13/h3-10H,1-2H3,(H,20,23). The molecule has 0 fully saturated rings. The Bertz CT molecular complexity index is 929. The molecule has 0 aliphatic rings. The van der Waals surface area contributed by atoms with Gasteiger partial charge in [0.05, 0.1) is 18.2 Å². The molecule has 1 amide bonds. The summed E-state index contributed by atoms with van der Waals surface area (Å²) in [7, 11) is 1.58. The fourth-order valence-corrected chi connectivity index (χ4v) is 2.69. The van der Waals surface area contributed by atoms with Crippen molar-refractivity contribution >= 4 is 40.0 Å². The summed E-state index contributed by atoms with van der Waals surface area (Å²) in [5, 5.41) is 3.94. The lowest BCUT2D eigenvalue weighted by Crippen LogP contribution is -2.11. The van der Waals surface area contributed by atoms with Crippen molar-refractivity contribution in [2.24, 2.45) is 0 Å². The van der Waals surface area contributed by atoms with Gasteiger partial charge in [0.1, 0.15) is 5.75 Å². The molecule has 0 saturated carbocycles. The van der Waals surface area contributed by atoms with Gasteiger partial charge in [-0.2, -0.15) is 0 Å². The number of aromatic nitrogens is 1. The summed E-state index contributed by atoms with van der Waals surface area (Å²) in [4.78, 5) is 24.4. The number of nitrogens with zero attached hydrogens (tertiary/aromatic N) is 1. The maximum atomic E-state index is 12.6. The number of anilines is 1. The molecule has 0 bridgehead atoms. The predicted molar refractivity (Wildman–Crippen MR) is 94.2 cm³/mol. The van der Waals surface area contributed by atoms with E-state index in [9.17, 15) is 9.59 Å². The van der Waals surface area contributed by atoms with Gasteiger partial charge in [-0.1, -0.05) is 11.6 Å². The Morgan fingerprint density at radius 2 is 1.83 bits per heavy atom. The molecule has 3 aromatic rings. The van der Waals surface area contributed by atoms with Crippen molar-refractivity contribution in [2.75, 3.05) is 12.4 Å². The number of methoxy groups -OCH3 is 1. The number of nitrogens with one attached hydrogen (secondary N) is 1. The number of hydrogen-bond acceptors (Lipinski definition) is 3. The van der Waals surface area contributed by atoms with Crippen molar-refractivity contribution < 1.29 is 14.3 Å². The van der Waals surface area contributed by atoms with Crippen molar-refractivity contribution in [1.29, 1.82) is 0 Å². The molecule has 3 rings (SSSR count). The van der Waals surface area contributed by atoms with E-state index < -0.39 is 0 Å². The van der Waals surface area contributed by atoms with Gasteiger partial charge in [-0.15, -0.1) is 0 Å². The first kappa shape index (κ1) is 16.1. The van der Waals surface area contributed by atoms with E-state index in [4.69, 9.17) is 16.3 Å². The topological polar surface area (TPSA) is 60.3 Å². The first-order chi connectivity index (χ1) is 11.5. The van der Waals surface area contributed by atoms with Crippen LogP contribution >= 0.6 is 11.6 Å². The maximum absolute atomic E-state index is 12.6. The van der Waals surface area contributed by atoms with Crippen LogP contribution in [0.1, 0.15) is 22.1 Å². The molecule has 5 nitrogen and oxygen atoms in total. The van der Waals surface area contributed by atoms with E-state index in [1.54, 1.807) is 49.6 Å². The summed E-state index contributed by atoms with van der Waals surface area (Å²) in [6.07, 6.45) is 1.53. The fraction of sp³-hybridized carbons (Fsp3) is 0.111. The summed E-state index contributed by atoms with van der Waals surface area (Å²) in [5.41, 5.74) is 1.66.